The number of nitrogens with two attached hydrogens (primary N) is 1. The van der Waals surface area contributed by atoms with Gasteiger partial charge in [-0.05, 0) is 54.8 Å². The minimum absolute atomic E-state index is 0.156. The first-order valence-electron chi connectivity index (χ1n) is 7.94. The molecule has 0 fully saturated rings. The predicted octanol–water partition coefficient (Wildman–Crippen LogP) is 3.35. The number of anilines is 2. The van der Waals surface area contributed by atoms with E-state index in [4.69, 9.17) is 5.73 Å². The molecule has 0 aliphatic rings. The first-order chi connectivity index (χ1) is 11.4. The standard InChI is InChI=1S/C19H23N3O2/c1-12(2)15-5-4-6-17(11-15)21-13(3)19(24)22-16-9-7-14(8-10-16)18(20)23/h4-13,21H,1-3H3,(H2,20,23)(H,22,24)/t13-/m1/s1. The molecule has 0 aromatic heterocycles. The molecule has 0 spiro atoms. The summed E-state index contributed by atoms with van der Waals surface area (Å²) in [6, 6.07) is 14.1. The number of benzene rings is 2. The summed E-state index contributed by atoms with van der Waals surface area (Å²) >= 11 is 0. The number of nitrogens with one attached hydrogen (secondary N) is 2. The normalized spacial score (nSPS) is 11.8. The predicted molar refractivity (Wildman–Crippen MR) is 97.2 cm³/mol. The van der Waals surface area contributed by atoms with Crippen LogP contribution in [0.25, 0.3) is 0 Å². The average Bonchev–Trinajstić information content (AvgIpc) is 2.55. The minimum atomic E-state index is -0.493. The zero-order chi connectivity index (χ0) is 17.7. The number of rotatable bonds is 6. The molecule has 126 valence electrons. The molecule has 5 nitrogen and oxygen atoms in total. The van der Waals surface area contributed by atoms with Crippen molar-refractivity contribution in [2.45, 2.75) is 32.7 Å². The van der Waals surface area contributed by atoms with Gasteiger partial charge in [0, 0.05) is 16.9 Å². The van der Waals surface area contributed by atoms with E-state index in [-0.39, 0.29) is 5.91 Å². The van der Waals surface area contributed by atoms with Crippen LogP contribution in [0.3, 0.4) is 0 Å². The fourth-order valence-electron chi connectivity index (χ4n) is 2.27. The molecule has 2 aromatic rings. The van der Waals surface area contributed by atoms with Gasteiger partial charge in [0.05, 0.1) is 0 Å². The summed E-state index contributed by atoms with van der Waals surface area (Å²) in [4.78, 5) is 23.3. The van der Waals surface area contributed by atoms with Crippen molar-refractivity contribution in [3.05, 3.63) is 59.7 Å². The summed E-state index contributed by atoms with van der Waals surface area (Å²) in [6.45, 7) is 6.06. The maximum Gasteiger partial charge on any atom is 0.248 e. The smallest absolute Gasteiger partial charge is 0.248 e. The van der Waals surface area contributed by atoms with Gasteiger partial charge in [-0.3, -0.25) is 9.59 Å². The number of hydrogen-bond acceptors (Lipinski definition) is 3. The van der Waals surface area contributed by atoms with Crippen LogP contribution in [0, 0.1) is 0 Å². The molecule has 0 bridgehead atoms. The van der Waals surface area contributed by atoms with Gasteiger partial charge in [-0.2, -0.15) is 0 Å². The molecule has 2 amide bonds. The highest BCUT2D eigenvalue weighted by Crippen LogP contribution is 2.19. The van der Waals surface area contributed by atoms with Gasteiger partial charge in [-0.15, -0.1) is 0 Å². The number of hydrogen-bond donors (Lipinski definition) is 3. The maximum absolute atomic E-state index is 12.3. The lowest BCUT2D eigenvalue weighted by Gasteiger charge is -2.16. The van der Waals surface area contributed by atoms with Crippen LogP contribution in [0.15, 0.2) is 48.5 Å². The number of carbonyl (C=O) groups excluding carboxylic acids is 2. The monoisotopic (exact) mass is 325 g/mol. The van der Waals surface area contributed by atoms with Crippen molar-refractivity contribution in [2.75, 3.05) is 10.6 Å². The Morgan fingerprint density at radius 1 is 0.958 bits per heavy atom. The summed E-state index contributed by atoms with van der Waals surface area (Å²) in [5.41, 5.74) is 8.35. The highest BCUT2D eigenvalue weighted by atomic mass is 16.2. The molecule has 2 rings (SSSR count). The van der Waals surface area contributed by atoms with Crippen LogP contribution in [-0.4, -0.2) is 17.9 Å². The topological polar surface area (TPSA) is 84.2 Å². The van der Waals surface area contributed by atoms with Gasteiger partial charge in [0.2, 0.25) is 11.8 Å². The van der Waals surface area contributed by atoms with Crippen LogP contribution in [0.2, 0.25) is 0 Å². The van der Waals surface area contributed by atoms with Crippen LogP contribution in [0.1, 0.15) is 42.6 Å². The van der Waals surface area contributed by atoms with Crippen molar-refractivity contribution >= 4 is 23.2 Å². The van der Waals surface area contributed by atoms with E-state index in [1.54, 1.807) is 31.2 Å². The summed E-state index contributed by atoms with van der Waals surface area (Å²) in [5, 5.41) is 6.01. The van der Waals surface area contributed by atoms with E-state index in [0.29, 0.717) is 17.2 Å². The SMILES string of the molecule is CC(C)c1cccc(N[C@H](C)C(=O)Nc2ccc(C(N)=O)cc2)c1. The molecule has 0 aliphatic carbocycles. The van der Waals surface area contributed by atoms with Crippen molar-refractivity contribution < 1.29 is 9.59 Å². The van der Waals surface area contributed by atoms with Crippen LogP contribution < -0.4 is 16.4 Å². The van der Waals surface area contributed by atoms with Gasteiger partial charge in [0.1, 0.15) is 6.04 Å². The lowest BCUT2D eigenvalue weighted by atomic mass is 10.0. The second kappa shape index (κ2) is 7.64. The summed E-state index contributed by atoms with van der Waals surface area (Å²) in [5.74, 6) is -0.218. The van der Waals surface area contributed by atoms with Gasteiger partial charge in [-0.1, -0.05) is 26.0 Å². The first-order valence-corrected chi connectivity index (χ1v) is 7.94. The third-order valence-corrected chi connectivity index (χ3v) is 3.77. The average molecular weight is 325 g/mol. The summed E-state index contributed by atoms with van der Waals surface area (Å²) in [7, 11) is 0. The molecule has 5 heteroatoms. The zero-order valence-corrected chi connectivity index (χ0v) is 14.2. The summed E-state index contributed by atoms with van der Waals surface area (Å²) in [6.07, 6.45) is 0. The Morgan fingerprint density at radius 3 is 2.21 bits per heavy atom. The Hall–Kier alpha value is -2.82. The van der Waals surface area contributed by atoms with E-state index in [1.165, 1.54) is 5.56 Å². The van der Waals surface area contributed by atoms with Crippen molar-refractivity contribution in [1.29, 1.82) is 0 Å². The molecule has 0 saturated heterocycles. The van der Waals surface area contributed by atoms with Gasteiger partial charge in [0.25, 0.3) is 0 Å². The molecule has 0 heterocycles. The largest absolute Gasteiger partial charge is 0.374 e. The molecule has 0 saturated carbocycles. The number of primary amides is 1. The number of carbonyl (C=O) groups is 2. The second-order valence-corrected chi connectivity index (χ2v) is 6.08. The zero-order valence-electron chi connectivity index (χ0n) is 14.2. The van der Waals surface area contributed by atoms with Gasteiger partial charge in [-0.25, -0.2) is 0 Å². The Labute approximate surface area is 142 Å². The van der Waals surface area contributed by atoms with Crippen LogP contribution in [0.4, 0.5) is 11.4 Å². The van der Waals surface area contributed by atoms with Crippen molar-refractivity contribution in [1.82, 2.24) is 0 Å². The fourth-order valence-corrected chi connectivity index (χ4v) is 2.27. The molecular formula is C19H23N3O2. The lowest BCUT2D eigenvalue weighted by molar-refractivity contribution is -0.116. The van der Waals surface area contributed by atoms with Gasteiger partial charge in [0.15, 0.2) is 0 Å². The Balaban J connectivity index is 1.99. The van der Waals surface area contributed by atoms with Crippen LogP contribution >= 0.6 is 0 Å². The Bertz CT molecular complexity index is 724. The maximum atomic E-state index is 12.3. The fraction of sp³-hybridized carbons (Fsp3) is 0.263. The van der Waals surface area contributed by atoms with E-state index in [0.717, 1.165) is 5.69 Å². The second-order valence-electron chi connectivity index (χ2n) is 6.08. The molecule has 0 aliphatic heterocycles. The Morgan fingerprint density at radius 2 is 1.62 bits per heavy atom. The number of amides is 2. The molecule has 4 N–H and O–H groups in total. The molecule has 0 unspecified atom stereocenters. The molecule has 24 heavy (non-hydrogen) atoms. The highest BCUT2D eigenvalue weighted by Gasteiger charge is 2.13. The van der Waals surface area contributed by atoms with Crippen molar-refractivity contribution in [3.63, 3.8) is 0 Å². The molecule has 0 radical (unpaired) electrons. The lowest BCUT2D eigenvalue weighted by Crippen LogP contribution is -2.31. The van der Waals surface area contributed by atoms with Gasteiger partial charge >= 0.3 is 0 Å². The van der Waals surface area contributed by atoms with Gasteiger partial charge < -0.3 is 16.4 Å². The van der Waals surface area contributed by atoms with E-state index in [9.17, 15) is 9.59 Å². The van der Waals surface area contributed by atoms with E-state index >= 15 is 0 Å². The van der Waals surface area contributed by atoms with Crippen molar-refractivity contribution in [2.24, 2.45) is 5.73 Å². The summed E-state index contributed by atoms with van der Waals surface area (Å²) < 4.78 is 0. The third kappa shape index (κ3) is 4.59. The van der Waals surface area contributed by atoms with Crippen molar-refractivity contribution in [3.8, 4) is 0 Å². The van der Waals surface area contributed by atoms with E-state index in [1.807, 2.05) is 12.1 Å². The van der Waals surface area contributed by atoms with E-state index in [2.05, 4.69) is 36.6 Å². The molecule has 2 aromatic carbocycles. The van der Waals surface area contributed by atoms with E-state index < -0.39 is 11.9 Å². The highest BCUT2D eigenvalue weighted by molar-refractivity contribution is 5.97. The Kier molecular flexibility index (Phi) is 5.58. The third-order valence-electron chi connectivity index (χ3n) is 3.77. The molecular weight excluding hydrogens is 302 g/mol. The molecule has 1 atom stereocenters. The first kappa shape index (κ1) is 17.5. The van der Waals surface area contributed by atoms with Crippen LogP contribution in [-0.2, 0) is 4.79 Å². The minimum Gasteiger partial charge on any atom is -0.374 e. The quantitative estimate of drug-likeness (QED) is 0.761. The van der Waals surface area contributed by atoms with Crippen LogP contribution in [0.5, 0.6) is 0 Å².